The molecule has 3 rings (SSSR count). The van der Waals surface area contributed by atoms with Crippen LogP contribution in [0.5, 0.6) is 0 Å². The van der Waals surface area contributed by atoms with Crippen LogP contribution in [0, 0.1) is 12.7 Å². The minimum atomic E-state index is -0.121. The van der Waals surface area contributed by atoms with Crippen LogP contribution in [0.4, 0.5) is 4.39 Å². The normalized spacial score (nSPS) is 20.2. The van der Waals surface area contributed by atoms with Gasteiger partial charge in [-0.15, -0.1) is 0 Å². The number of hydrogen-bond donors (Lipinski definition) is 2. The molecule has 0 aliphatic heterocycles. The maximum absolute atomic E-state index is 13.8. The van der Waals surface area contributed by atoms with E-state index in [1.165, 1.54) is 17.2 Å². The molecule has 23 heavy (non-hydrogen) atoms. The molecule has 1 aliphatic rings. The third-order valence-corrected chi connectivity index (χ3v) is 4.18. The van der Waals surface area contributed by atoms with Gasteiger partial charge in [0.25, 0.3) is 0 Å². The molecule has 2 unspecified atom stereocenters. The van der Waals surface area contributed by atoms with Gasteiger partial charge in [0.2, 0.25) is 0 Å². The van der Waals surface area contributed by atoms with Crippen molar-refractivity contribution in [2.75, 3.05) is 7.05 Å². The predicted molar refractivity (Wildman–Crippen MR) is 92.1 cm³/mol. The minimum absolute atomic E-state index is 0.121. The maximum atomic E-state index is 13.8. The highest BCUT2D eigenvalue weighted by molar-refractivity contribution is 5.80. The molecule has 3 nitrogen and oxygen atoms in total. The molecule has 0 spiro atoms. The van der Waals surface area contributed by atoms with Crippen molar-refractivity contribution in [3.63, 3.8) is 0 Å². The van der Waals surface area contributed by atoms with E-state index in [0.717, 1.165) is 24.5 Å². The quantitative estimate of drug-likeness (QED) is 0.671. The second kappa shape index (κ2) is 6.82. The van der Waals surface area contributed by atoms with Gasteiger partial charge < -0.3 is 10.6 Å². The molecule has 0 bridgehead atoms. The van der Waals surface area contributed by atoms with Gasteiger partial charge in [-0.3, -0.25) is 4.99 Å². The molecule has 0 aromatic heterocycles. The summed E-state index contributed by atoms with van der Waals surface area (Å²) in [6.07, 6.45) is 0.937. The fourth-order valence-electron chi connectivity index (χ4n) is 2.85. The van der Waals surface area contributed by atoms with Crippen LogP contribution in [0.2, 0.25) is 0 Å². The van der Waals surface area contributed by atoms with E-state index in [1.54, 1.807) is 13.1 Å². The van der Waals surface area contributed by atoms with Gasteiger partial charge in [-0.2, -0.15) is 0 Å². The van der Waals surface area contributed by atoms with Crippen LogP contribution in [0.15, 0.2) is 53.5 Å². The minimum Gasteiger partial charge on any atom is -0.353 e. The van der Waals surface area contributed by atoms with Gasteiger partial charge in [-0.25, -0.2) is 4.39 Å². The number of halogens is 1. The number of nitrogens with one attached hydrogen (secondary N) is 2. The largest absolute Gasteiger partial charge is 0.353 e. The van der Waals surface area contributed by atoms with Crippen LogP contribution in [0.1, 0.15) is 29.0 Å². The van der Waals surface area contributed by atoms with Crippen LogP contribution in [-0.2, 0) is 6.54 Å². The Morgan fingerprint density at radius 3 is 2.78 bits per heavy atom. The molecule has 1 saturated carbocycles. The number of hydrogen-bond acceptors (Lipinski definition) is 1. The first-order valence-electron chi connectivity index (χ1n) is 7.94. The number of rotatable bonds is 4. The first-order valence-corrected chi connectivity index (χ1v) is 7.94. The van der Waals surface area contributed by atoms with E-state index in [9.17, 15) is 4.39 Å². The Morgan fingerprint density at radius 1 is 1.22 bits per heavy atom. The van der Waals surface area contributed by atoms with Crippen molar-refractivity contribution >= 4 is 5.96 Å². The fraction of sp³-hybridized carbons (Fsp3) is 0.316. The zero-order valence-corrected chi connectivity index (χ0v) is 13.5. The molecule has 4 heteroatoms. The molecule has 2 aromatic rings. The van der Waals surface area contributed by atoms with Crippen molar-refractivity contribution in [2.24, 2.45) is 4.99 Å². The lowest BCUT2D eigenvalue weighted by Crippen LogP contribution is -2.38. The SMILES string of the molecule is CN=C(NCc1cccc(C)c1)NC1CC1c1ccccc1F. The highest BCUT2D eigenvalue weighted by atomic mass is 19.1. The Labute approximate surface area is 136 Å². The van der Waals surface area contributed by atoms with Crippen molar-refractivity contribution in [1.82, 2.24) is 10.6 Å². The number of guanidine groups is 1. The molecule has 1 fully saturated rings. The molecule has 0 saturated heterocycles. The van der Waals surface area contributed by atoms with Crippen molar-refractivity contribution in [3.05, 3.63) is 71.0 Å². The van der Waals surface area contributed by atoms with Crippen LogP contribution in [0.3, 0.4) is 0 Å². The average Bonchev–Trinajstić information content (AvgIpc) is 3.31. The van der Waals surface area contributed by atoms with Gasteiger partial charge >= 0.3 is 0 Å². The molecule has 0 amide bonds. The third-order valence-electron chi connectivity index (χ3n) is 4.18. The van der Waals surface area contributed by atoms with Gasteiger partial charge in [-0.1, -0.05) is 48.0 Å². The first kappa shape index (κ1) is 15.5. The lowest BCUT2D eigenvalue weighted by Gasteiger charge is -2.12. The summed E-state index contributed by atoms with van der Waals surface area (Å²) >= 11 is 0. The topological polar surface area (TPSA) is 36.4 Å². The standard InChI is InChI=1S/C19H22FN3/c1-13-6-5-7-14(10-13)12-22-19(21-2)23-18-11-16(18)15-8-3-4-9-17(15)20/h3-10,16,18H,11-12H2,1-2H3,(H2,21,22,23). The second-order valence-electron chi connectivity index (χ2n) is 6.03. The maximum Gasteiger partial charge on any atom is 0.191 e. The molecule has 120 valence electrons. The molecule has 1 aliphatic carbocycles. The predicted octanol–water partition coefficient (Wildman–Crippen LogP) is 3.36. The molecule has 2 atom stereocenters. The van der Waals surface area contributed by atoms with Crippen molar-refractivity contribution in [3.8, 4) is 0 Å². The Hall–Kier alpha value is -2.36. The summed E-state index contributed by atoms with van der Waals surface area (Å²) in [4.78, 5) is 4.26. The molecular weight excluding hydrogens is 289 g/mol. The lowest BCUT2D eigenvalue weighted by atomic mass is 10.1. The van der Waals surface area contributed by atoms with Crippen LogP contribution in [-0.4, -0.2) is 19.0 Å². The third kappa shape index (κ3) is 3.89. The van der Waals surface area contributed by atoms with E-state index in [2.05, 4.69) is 46.8 Å². The van der Waals surface area contributed by atoms with E-state index in [-0.39, 0.29) is 17.8 Å². The smallest absolute Gasteiger partial charge is 0.191 e. The molecule has 2 N–H and O–H groups in total. The molecular formula is C19H22FN3. The van der Waals surface area contributed by atoms with Crippen molar-refractivity contribution < 1.29 is 4.39 Å². The fourth-order valence-corrected chi connectivity index (χ4v) is 2.85. The van der Waals surface area contributed by atoms with Crippen molar-refractivity contribution in [1.29, 1.82) is 0 Å². The first-order chi connectivity index (χ1) is 11.2. The number of benzene rings is 2. The zero-order valence-electron chi connectivity index (χ0n) is 13.5. The summed E-state index contributed by atoms with van der Waals surface area (Å²) in [7, 11) is 1.76. The number of aliphatic imine (C=N–C) groups is 1. The highest BCUT2D eigenvalue weighted by Gasteiger charge is 2.40. The second-order valence-corrected chi connectivity index (χ2v) is 6.03. The highest BCUT2D eigenvalue weighted by Crippen LogP contribution is 2.41. The van der Waals surface area contributed by atoms with Gasteiger partial charge in [0, 0.05) is 25.6 Å². The summed E-state index contributed by atoms with van der Waals surface area (Å²) in [6.45, 7) is 2.80. The van der Waals surface area contributed by atoms with Crippen LogP contribution >= 0.6 is 0 Å². The summed E-state index contributed by atoms with van der Waals surface area (Å²) < 4.78 is 13.8. The monoisotopic (exact) mass is 311 g/mol. The summed E-state index contributed by atoms with van der Waals surface area (Å²) in [5.41, 5.74) is 3.25. The number of nitrogens with zero attached hydrogens (tertiary/aromatic N) is 1. The Bertz CT molecular complexity index is 711. The van der Waals surface area contributed by atoms with Gasteiger partial charge in [0.15, 0.2) is 5.96 Å². The molecule has 0 heterocycles. The van der Waals surface area contributed by atoms with Gasteiger partial charge in [0.05, 0.1) is 0 Å². The lowest BCUT2D eigenvalue weighted by molar-refractivity contribution is 0.607. The average molecular weight is 311 g/mol. The van der Waals surface area contributed by atoms with Crippen LogP contribution in [0.25, 0.3) is 0 Å². The van der Waals surface area contributed by atoms with E-state index >= 15 is 0 Å². The van der Waals surface area contributed by atoms with E-state index in [0.29, 0.717) is 0 Å². The summed E-state index contributed by atoms with van der Waals surface area (Å²) in [5.74, 6) is 0.869. The number of aryl methyl sites for hydroxylation is 1. The Morgan fingerprint density at radius 2 is 2.04 bits per heavy atom. The van der Waals surface area contributed by atoms with E-state index in [4.69, 9.17) is 0 Å². The van der Waals surface area contributed by atoms with Gasteiger partial charge in [0.1, 0.15) is 5.82 Å². The molecule has 2 aromatic carbocycles. The van der Waals surface area contributed by atoms with Crippen LogP contribution < -0.4 is 10.6 Å². The molecule has 0 radical (unpaired) electrons. The van der Waals surface area contributed by atoms with E-state index < -0.39 is 0 Å². The van der Waals surface area contributed by atoms with Gasteiger partial charge in [-0.05, 0) is 30.5 Å². The zero-order chi connectivity index (χ0) is 16.2. The van der Waals surface area contributed by atoms with Crippen molar-refractivity contribution in [2.45, 2.75) is 31.8 Å². The van der Waals surface area contributed by atoms with E-state index in [1.807, 2.05) is 12.1 Å². The Kier molecular flexibility index (Phi) is 4.60. The summed E-state index contributed by atoms with van der Waals surface area (Å²) in [5, 5.41) is 6.69. The summed E-state index contributed by atoms with van der Waals surface area (Å²) in [6, 6.07) is 15.6. The Balaban J connectivity index is 1.54.